The Balaban J connectivity index is 1.97. The molecule has 12 nitrogen and oxygen atoms in total. The topological polar surface area (TPSA) is 208 Å². The highest BCUT2D eigenvalue weighted by atomic mass is 16.3. The van der Waals surface area contributed by atoms with Gasteiger partial charge in [0.05, 0.1) is 12.1 Å². The van der Waals surface area contributed by atoms with Crippen LogP contribution < -0.4 is 16.4 Å². The second-order valence-corrected chi connectivity index (χ2v) is 11.4. The lowest BCUT2D eigenvalue weighted by molar-refractivity contribution is -0.165. The van der Waals surface area contributed by atoms with Gasteiger partial charge in [-0.05, 0) is 63.4 Å². The van der Waals surface area contributed by atoms with E-state index in [1.807, 2.05) is 13.8 Å². The van der Waals surface area contributed by atoms with Crippen molar-refractivity contribution in [2.45, 2.75) is 50.7 Å². The fourth-order valence-electron chi connectivity index (χ4n) is 6.69. The molecule has 3 aliphatic carbocycles. The maximum Gasteiger partial charge on any atom is 0.255 e. The summed E-state index contributed by atoms with van der Waals surface area (Å²) < 4.78 is 0. The molecule has 0 spiro atoms. The van der Waals surface area contributed by atoms with E-state index in [-0.39, 0.29) is 36.3 Å². The minimum atomic E-state index is -3.08. The number of carbonyl (C=O) groups excluding carboxylic acids is 4. The summed E-state index contributed by atoms with van der Waals surface area (Å²) in [6.07, 6.45) is 1.51. The zero-order chi connectivity index (χ0) is 30.6. The van der Waals surface area contributed by atoms with Crippen LogP contribution in [-0.2, 0) is 25.6 Å². The first-order valence-electron chi connectivity index (χ1n) is 13.7. The fourth-order valence-corrected chi connectivity index (χ4v) is 6.69. The molecular weight excluding hydrogens is 532 g/mol. The van der Waals surface area contributed by atoms with E-state index in [4.69, 9.17) is 11.5 Å². The van der Waals surface area contributed by atoms with Crippen molar-refractivity contribution in [3.63, 3.8) is 0 Å². The van der Waals surface area contributed by atoms with Crippen LogP contribution in [0.1, 0.15) is 44.2 Å². The Kier molecular flexibility index (Phi) is 7.80. The molecule has 0 heterocycles. The molecule has 1 saturated carbocycles. The molecule has 1 fully saturated rings. The Hall–Kier alpha value is -3.74. The van der Waals surface area contributed by atoms with E-state index in [0.29, 0.717) is 18.7 Å². The first-order chi connectivity index (χ1) is 19.2. The summed E-state index contributed by atoms with van der Waals surface area (Å²) >= 11 is 0. The number of ketones is 3. The third-order valence-electron chi connectivity index (χ3n) is 8.48. The number of likely N-dealkylation sites (N-methyl/N-ethyl adjacent to an activating group) is 1. The van der Waals surface area contributed by atoms with Gasteiger partial charge in [0.1, 0.15) is 28.4 Å². The smallest absolute Gasteiger partial charge is 0.255 e. The highest BCUT2D eigenvalue weighted by Gasteiger charge is 2.70. The molecule has 0 radical (unpaired) electrons. The highest BCUT2D eigenvalue weighted by molar-refractivity contribution is 6.34. The molecule has 4 atom stereocenters. The minimum Gasteiger partial charge on any atom is -0.509 e. The Morgan fingerprint density at radius 1 is 1.05 bits per heavy atom. The minimum absolute atomic E-state index is 0.0147. The molecule has 4 unspecified atom stereocenters. The van der Waals surface area contributed by atoms with Gasteiger partial charge in [0.2, 0.25) is 11.6 Å². The van der Waals surface area contributed by atoms with Gasteiger partial charge >= 0.3 is 0 Å². The van der Waals surface area contributed by atoms with Crippen LogP contribution in [0.5, 0.6) is 5.75 Å². The Morgan fingerprint density at radius 3 is 2.20 bits per heavy atom. The molecule has 4 rings (SSSR count). The summed E-state index contributed by atoms with van der Waals surface area (Å²) in [4.78, 5) is 57.0. The first kappa shape index (κ1) is 30.2. The van der Waals surface area contributed by atoms with Crippen molar-refractivity contribution in [2.24, 2.45) is 23.3 Å². The monoisotopic (exact) mass is 570 g/mol. The van der Waals surface area contributed by atoms with Crippen LogP contribution in [0.15, 0.2) is 29.0 Å². The average molecular weight is 571 g/mol. The van der Waals surface area contributed by atoms with E-state index in [9.17, 15) is 39.6 Å². The number of primary amides is 1. The molecule has 1 amide bonds. The lowest BCUT2D eigenvalue weighted by Crippen LogP contribution is -2.74. The maximum absolute atomic E-state index is 14.1. The van der Waals surface area contributed by atoms with Crippen molar-refractivity contribution in [3.05, 3.63) is 40.2 Å². The number of aromatic hydroxyl groups is 1. The quantitative estimate of drug-likeness (QED) is 0.178. The van der Waals surface area contributed by atoms with E-state index in [0.717, 1.165) is 18.5 Å². The number of rotatable bonds is 9. The summed E-state index contributed by atoms with van der Waals surface area (Å²) in [6, 6.07) is 3.15. The van der Waals surface area contributed by atoms with Crippen molar-refractivity contribution in [2.75, 3.05) is 38.6 Å². The second kappa shape index (κ2) is 10.6. The van der Waals surface area contributed by atoms with Crippen molar-refractivity contribution in [1.29, 1.82) is 0 Å². The number of Topliss-reactive ketones (excluding diaryl/α,β-unsaturated/α-hetero) is 3. The molecule has 0 aliphatic heterocycles. The van der Waals surface area contributed by atoms with Crippen LogP contribution in [0.3, 0.4) is 0 Å². The van der Waals surface area contributed by atoms with Gasteiger partial charge in [-0.1, -0.05) is 13.8 Å². The van der Waals surface area contributed by atoms with Gasteiger partial charge in [-0.3, -0.25) is 19.2 Å². The Labute approximate surface area is 237 Å². The van der Waals surface area contributed by atoms with Crippen LogP contribution in [0.25, 0.3) is 5.76 Å². The molecule has 8 N–H and O–H groups in total. The van der Waals surface area contributed by atoms with E-state index in [1.165, 1.54) is 11.0 Å². The number of hydrogen-bond acceptors (Lipinski definition) is 11. The largest absolute Gasteiger partial charge is 0.509 e. The number of nitrogens with two attached hydrogens (primary N) is 2. The molecule has 1 aromatic carbocycles. The molecule has 222 valence electrons. The number of phenols is 1. The van der Waals surface area contributed by atoms with Gasteiger partial charge in [0.25, 0.3) is 5.91 Å². The normalized spacial score (nSPS) is 27.5. The van der Waals surface area contributed by atoms with Gasteiger partial charge < -0.3 is 41.7 Å². The second-order valence-electron chi connectivity index (χ2n) is 11.4. The van der Waals surface area contributed by atoms with Gasteiger partial charge in [0, 0.05) is 30.3 Å². The summed E-state index contributed by atoms with van der Waals surface area (Å²) in [5, 5.41) is 45.2. The summed E-state index contributed by atoms with van der Waals surface area (Å²) in [7, 11) is 3.12. The molecule has 12 heteroatoms. The number of benzene rings is 1. The summed E-state index contributed by atoms with van der Waals surface area (Å²) in [6.45, 7) is 5.10. The van der Waals surface area contributed by atoms with E-state index in [2.05, 4.69) is 4.90 Å². The van der Waals surface area contributed by atoms with E-state index < -0.39 is 63.3 Å². The lowest BCUT2D eigenvalue weighted by atomic mass is 9.52. The van der Waals surface area contributed by atoms with Crippen molar-refractivity contribution >= 4 is 34.7 Å². The summed E-state index contributed by atoms with van der Waals surface area (Å²) in [5.41, 5.74) is 6.19. The van der Waals surface area contributed by atoms with Crippen LogP contribution in [0, 0.1) is 11.8 Å². The summed E-state index contributed by atoms with van der Waals surface area (Å²) in [5.74, 6) is -9.54. The number of anilines is 1. The number of nitrogens with zero attached hydrogens (tertiary/aromatic N) is 2. The van der Waals surface area contributed by atoms with Crippen LogP contribution in [0.4, 0.5) is 5.69 Å². The molecule has 0 saturated heterocycles. The molecule has 1 aromatic rings. The van der Waals surface area contributed by atoms with E-state index in [1.54, 1.807) is 20.2 Å². The van der Waals surface area contributed by atoms with Crippen LogP contribution in [0.2, 0.25) is 0 Å². The number of phenolic OH excluding ortho intramolecular Hbond substituents is 1. The third-order valence-corrected chi connectivity index (χ3v) is 8.48. The molecule has 41 heavy (non-hydrogen) atoms. The number of hydrogen-bond donors (Lipinski definition) is 6. The maximum atomic E-state index is 14.1. The predicted octanol–water partition coefficient (Wildman–Crippen LogP) is 0.488. The standard InChI is InChI=1S/C29H38N4O8/c1-5-9-33(10-6-2)16-7-8-17(34)21-15(16)11-14-12-18-28(31,19(35)13-32(3)4)24(37)22(27(30)40)26(39)29(18,41)25(38)20(14)23(21)36/h7-8,14,18,34,36-37,41H,5-6,9-13,31H2,1-4H3,(H2,30,40). The number of fused-ring (bicyclic) bond motifs is 3. The Bertz CT molecular complexity index is 1390. The molecule has 3 aliphatic rings. The van der Waals surface area contributed by atoms with Crippen LogP contribution in [-0.4, -0.2) is 93.5 Å². The van der Waals surface area contributed by atoms with Gasteiger partial charge in [-0.25, -0.2) is 0 Å². The first-order valence-corrected chi connectivity index (χ1v) is 13.7. The van der Waals surface area contributed by atoms with Crippen LogP contribution >= 0.6 is 0 Å². The Morgan fingerprint density at radius 2 is 1.66 bits per heavy atom. The average Bonchev–Trinajstić information content (AvgIpc) is 2.88. The number of carbonyl (C=O) groups is 4. The third kappa shape index (κ3) is 4.32. The number of amides is 1. The van der Waals surface area contributed by atoms with Gasteiger partial charge in [-0.15, -0.1) is 0 Å². The predicted molar refractivity (Wildman–Crippen MR) is 150 cm³/mol. The fraction of sp³-hybridized carbons (Fsp3) is 0.517. The number of aliphatic hydroxyl groups is 3. The zero-order valence-electron chi connectivity index (χ0n) is 23.7. The van der Waals surface area contributed by atoms with Crippen molar-refractivity contribution in [1.82, 2.24) is 4.90 Å². The lowest BCUT2D eigenvalue weighted by Gasteiger charge is -2.52. The van der Waals surface area contributed by atoms with Gasteiger partial charge in [0.15, 0.2) is 11.4 Å². The SMILES string of the molecule is CCCN(CCC)c1ccc(O)c2c1CC1CC3C(N)(C(=O)CN(C)C)C(O)=C(C(N)=O)C(=O)C3(O)C(=O)C1=C2O. The molecule has 0 bridgehead atoms. The van der Waals surface area contributed by atoms with Crippen molar-refractivity contribution in [3.8, 4) is 5.75 Å². The highest BCUT2D eigenvalue weighted by Crippen LogP contribution is 2.54. The molecule has 0 aromatic heterocycles. The molecular formula is C29H38N4O8. The van der Waals surface area contributed by atoms with Gasteiger partial charge in [-0.2, -0.15) is 0 Å². The van der Waals surface area contributed by atoms with E-state index >= 15 is 0 Å². The van der Waals surface area contributed by atoms with Crippen molar-refractivity contribution < 1.29 is 39.6 Å². The zero-order valence-corrected chi connectivity index (χ0v) is 23.7. The number of aliphatic hydroxyl groups excluding tert-OH is 2.